The number of pyridine rings is 1. The molecule has 0 saturated carbocycles. The largest absolute Gasteiger partial charge is 0.344 e. The quantitative estimate of drug-likeness (QED) is 0.943. The maximum Gasteiger partial charge on any atom is 0.252 e. The molecule has 0 fully saturated rings. The third-order valence-corrected chi connectivity index (χ3v) is 4.20. The highest BCUT2D eigenvalue weighted by Crippen LogP contribution is 2.22. The Morgan fingerprint density at radius 3 is 2.71 bits per heavy atom. The molecule has 1 N–H and O–H groups in total. The second-order valence-electron chi connectivity index (χ2n) is 4.91. The number of nitrogens with zero attached hydrogens (tertiary/aromatic N) is 2. The number of amides is 1. The van der Waals surface area contributed by atoms with E-state index in [0.29, 0.717) is 12.1 Å². The lowest BCUT2D eigenvalue weighted by Crippen LogP contribution is -2.29. The lowest BCUT2D eigenvalue weighted by atomic mass is 10.2. The lowest BCUT2D eigenvalue weighted by molar-refractivity contribution is 0.0939. The number of hydrogen-bond donors (Lipinski definition) is 1. The van der Waals surface area contributed by atoms with E-state index < -0.39 is 0 Å². The molecule has 0 radical (unpaired) electrons. The summed E-state index contributed by atoms with van der Waals surface area (Å²) >= 11 is 1.61. The lowest BCUT2D eigenvalue weighted by Gasteiger charge is -2.13. The Balaban J connectivity index is 2.16. The summed E-state index contributed by atoms with van der Waals surface area (Å²) in [7, 11) is 0. The van der Waals surface area contributed by atoms with Gasteiger partial charge in [-0.05, 0) is 33.8 Å². The minimum Gasteiger partial charge on any atom is -0.344 e. The third kappa shape index (κ3) is 3.39. The van der Waals surface area contributed by atoms with E-state index in [4.69, 9.17) is 0 Å². The van der Waals surface area contributed by atoms with Gasteiger partial charge in [0.1, 0.15) is 0 Å². The molecule has 2 heterocycles. The van der Waals surface area contributed by atoms with Crippen LogP contribution in [0.25, 0.3) is 0 Å². The predicted molar refractivity (Wildman–Crippen MR) is 83.8 cm³/mol. The van der Waals surface area contributed by atoms with Crippen LogP contribution in [0.3, 0.4) is 0 Å². The summed E-state index contributed by atoms with van der Waals surface area (Å²) in [6.07, 6.45) is 1.64. The molecule has 0 aromatic carbocycles. The molecule has 0 aliphatic heterocycles. The van der Waals surface area contributed by atoms with Crippen molar-refractivity contribution in [3.05, 3.63) is 49.8 Å². The standard InChI is InChI=1S/C15H19N3O2S/c1-5-18-7-6-12(8-13(18)19)15(20)16-9(2)14-10(3)21-11(4)17-14/h6-9H,5H2,1-4H3,(H,16,20)/t9-/m1/s1. The van der Waals surface area contributed by atoms with E-state index in [1.165, 1.54) is 6.07 Å². The normalized spacial score (nSPS) is 12.2. The van der Waals surface area contributed by atoms with E-state index in [2.05, 4.69) is 10.3 Å². The molecule has 0 saturated heterocycles. The van der Waals surface area contributed by atoms with Crippen molar-refractivity contribution in [1.82, 2.24) is 14.9 Å². The van der Waals surface area contributed by atoms with Gasteiger partial charge in [0, 0.05) is 29.2 Å². The van der Waals surface area contributed by atoms with E-state index >= 15 is 0 Å². The third-order valence-electron chi connectivity index (χ3n) is 3.30. The average molecular weight is 305 g/mol. The molecule has 0 spiro atoms. The summed E-state index contributed by atoms with van der Waals surface area (Å²) < 4.78 is 1.55. The van der Waals surface area contributed by atoms with Crippen LogP contribution in [0.5, 0.6) is 0 Å². The van der Waals surface area contributed by atoms with Crippen LogP contribution in [0.2, 0.25) is 0 Å². The number of aryl methyl sites for hydroxylation is 3. The Hall–Kier alpha value is -1.95. The van der Waals surface area contributed by atoms with Gasteiger partial charge in [-0.2, -0.15) is 0 Å². The van der Waals surface area contributed by atoms with Crippen LogP contribution in [-0.2, 0) is 6.54 Å². The number of thiazole rings is 1. The molecule has 2 rings (SSSR count). The van der Waals surface area contributed by atoms with Gasteiger partial charge in [0.25, 0.3) is 11.5 Å². The summed E-state index contributed by atoms with van der Waals surface area (Å²) in [5.41, 5.74) is 1.09. The molecule has 0 aliphatic rings. The fraction of sp³-hybridized carbons (Fsp3) is 0.400. The van der Waals surface area contributed by atoms with Crippen molar-refractivity contribution in [1.29, 1.82) is 0 Å². The van der Waals surface area contributed by atoms with Gasteiger partial charge in [-0.25, -0.2) is 4.98 Å². The molecular formula is C15H19N3O2S. The molecule has 5 nitrogen and oxygen atoms in total. The minimum absolute atomic E-state index is 0.168. The van der Waals surface area contributed by atoms with Gasteiger partial charge >= 0.3 is 0 Å². The number of hydrogen-bond acceptors (Lipinski definition) is 4. The molecule has 0 unspecified atom stereocenters. The Kier molecular flexibility index (Phi) is 4.57. The Labute approximate surface area is 127 Å². The van der Waals surface area contributed by atoms with Gasteiger partial charge in [-0.15, -0.1) is 11.3 Å². The van der Waals surface area contributed by atoms with Crippen molar-refractivity contribution < 1.29 is 4.79 Å². The van der Waals surface area contributed by atoms with Crippen molar-refractivity contribution in [3.63, 3.8) is 0 Å². The van der Waals surface area contributed by atoms with Gasteiger partial charge in [-0.1, -0.05) is 0 Å². The molecule has 2 aromatic heterocycles. The van der Waals surface area contributed by atoms with Crippen molar-refractivity contribution in [2.45, 2.75) is 40.3 Å². The fourth-order valence-electron chi connectivity index (χ4n) is 2.21. The molecule has 1 atom stereocenters. The molecule has 6 heteroatoms. The van der Waals surface area contributed by atoms with Crippen LogP contribution in [0.15, 0.2) is 23.1 Å². The molecule has 0 bridgehead atoms. The van der Waals surface area contributed by atoms with Crippen molar-refractivity contribution in [2.75, 3.05) is 0 Å². The molecule has 2 aromatic rings. The van der Waals surface area contributed by atoms with E-state index in [-0.39, 0.29) is 17.5 Å². The second-order valence-corrected chi connectivity index (χ2v) is 6.32. The highest BCUT2D eigenvalue weighted by Gasteiger charge is 2.16. The SMILES string of the molecule is CCn1ccc(C(=O)N[C@H](C)c2nc(C)sc2C)cc1=O. The van der Waals surface area contributed by atoms with Crippen molar-refractivity contribution in [3.8, 4) is 0 Å². The van der Waals surface area contributed by atoms with Gasteiger partial charge in [-0.3, -0.25) is 9.59 Å². The first kappa shape index (κ1) is 15.4. The summed E-state index contributed by atoms with van der Waals surface area (Å²) in [6.45, 7) is 8.31. The first-order valence-corrected chi connectivity index (χ1v) is 7.69. The summed E-state index contributed by atoms with van der Waals surface area (Å²) in [5.74, 6) is -0.257. The van der Waals surface area contributed by atoms with Crippen LogP contribution < -0.4 is 10.9 Å². The van der Waals surface area contributed by atoms with Crippen molar-refractivity contribution >= 4 is 17.2 Å². The number of rotatable bonds is 4. The fourth-order valence-corrected chi connectivity index (χ4v) is 3.12. The highest BCUT2D eigenvalue weighted by atomic mass is 32.1. The maximum absolute atomic E-state index is 12.2. The predicted octanol–water partition coefficient (Wildman–Crippen LogP) is 2.43. The maximum atomic E-state index is 12.2. The highest BCUT2D eigenvalue weighted by molar-refractivity contribution is 7.11. The number of nitrogens with one attached hydrogen (secondary N) is 1. The second kappa shape index (κ2) is 6.22. The zero-order chi connectivity index (χ0) is 15.6. The van der Waals surface area contributed by atoms with E-state index in [1.54, 1.807) is 28.2 Å². The summed E-state index contributed by atoms with van der Waals surface area (Å²) in [6, 6.07) is 2.84. The molecule has 0 aliphatic carbocycles. The van der Waals surface area contributed by atoms with Crippen LogP contribution in [-0.4, -0.2) is 15.5 Å². The smallest absolute Gasteiger partial charge is 0.252 e. The van der Waals surface area contributed by atoms with Crippen molar-refractivity contribution in [2.24, 2.45) is 0 Å². The van der Waals surface area contributed by atoms with E-state index in [0.717, 1.165) is 15.6 Å². The first-order valence-electron chi connectivity index (χ1n) is 6.87. The average Bonchev–Trinajstić information content (AvgIpc) is 2.77. The zero-order valence-electron chi connectivity index (χ0n) is 12.6. The Bertz CT molecular complexity index is 718. The van der Waals surface area contributed by atoms with Crippen LogP contribution in [0.1, 0.15) is 45.8 Å². The molecular weight excluding hydrogens is 286 g/mol. The number of aromatic nitrogens is 2. The van der Waals surface area contributed by atoms with Gasteiger partial charge in [0.15, 0.2) is 0 Å². The number of carbonyl (C=O) groups is 1. The Morgan fingerprint density at radius 2 is 2.19 bits per heavy atom. The van der Waals surface area contributed by atoms with Gasteiger partial charge in [0.05, 0.1) is 16.7 Å². The van der Waals surface area contributed by atoms with E-state index in [9.17, 15) is 9.59 Å². The Morgan fingerprint density at radius 1 is 1.48 bits per heavy atom. The summed E-state index contributed by atoms with van der Waals surface area (Å²) in [4.78, 5) is 29.5. The zero-order valence-corrected chi connectivity index (χ0v) is 13.5. The van der Waals surface area contributed by atoms with Gasteiger partial charge in [0.2, 0.25) is 0 Å². The van der Waals surface area contributed by atoms with Gasteiger partial charge < -0.3 is 9.88 Å². The minimum atomic E-state index is -0.257. The topological polar surface area (TPSA) is 64.0 Å². The molecule has 21 heavy (non-hydrogen) atoms. The van der Waals surface area contributed by atoms with Crippen LogP contribution in [0.4, 0.5) is 0 Å². The molecule has 1 amide bonds. The van der Waals surface area contributed by atoms with Crippen LogP contribution in [0, 0.1) is 13.8 Å². The molecule has 112 valence electrons. The number of carbonyl (C=O) groups excluding carboxylic acids is 1. The monoisotopic (exact) mass is 305 g/mol. The van der Waals surface area contributed by atoms with E-state index in [1.807, 2.05) is 27.7 Å². The first-order chi connectivity index (χ1) is 9.92. The summed E-state index contributed by atoms with van der Waals surface area (Å²) in [5, 5.41) is 3.87. The van der Waals surface area contributed by atoms with Crippen LogP contribution >= 0.6 is 11.3 Å².